The highest BCUT2D eigenvalue weighted by Crippen LogP contribution is -0.286. The van der Waals surface area contributed by atoms with Crippen molar-refractivity contribution in [3.8, 4) is 0 Å². The third-order valence-electron chi connectivity index (χ3n) is 0. The quantitative estimate of drug-likeness (QED) is 0.308. The van der Waals surface area contributed by atoms with Crippen LogP contribution >= 0.6 is 0 Å². The molecule has 0 saturated heterocycles. The van der Waals surface area contributed by atoms with Crippen LogP contribution in [0.2, 0.25) is 0 Å². The summed E-state index contributed by atoms with van der Waals surface area (Å²) in [6.07, 6.45) is 0. The summed E-state index contributed by atoms with van der Waals surface area (Å²) in [5, 5.41) is 0. The van der Waals surface area contributed by atoms with Crippen LogP contribution in [0.3, 0.4) is 0 Å². The number of hydrogen-bond donors (Lipinski definition) is 0. The molecule has 40 valence electrons. The Morgan fingerprint density at radius 3 is 0.429 bits per heavy atom. The molecule has 0 aromatic heterocycles. The zero-order valence-electron chi connectivity index (χ0n) is 3.91. The molecule has 4 nitrogen and oxygen atoms in total. The third-order valence-corrected chi connectivity index (χ3v) is 0. The first-order chi connectivity index (χ1) is 0. The normalized spacial score (nSPS) is 0. The van der Waals surface area contributed by atoms with Crippen LogP contribution in [0.5, 0.6) is 0 Å². The van der Waals surface area contributed by atoms with Crippen molar-refractivity contribution in [2.75, 3.05) is 0 Å². The van der Waals surface area contributed by atoms with Crippen molar-refractivity contribution in [3.63, 3.8) is 0 Å². The van der Waals surface area contributed by atoms with Gasteiger partial charge < -0.3 is 21.9 Å². The fraction of sp³-hybridized carbons (Fsp3) is 0. The third kappa shape index (κ3) is 93.9. The van der Waals surface area contributed by atoms with Gasteiger partial charge in [0.05, 0.1) is 0 Å². The Kier molecular flexibility index (Phi) is 3650. The average Bonchev–Trinajstić information content (AvgIpc) is 0. The molecule has 7 heavy (non-hydrogen) atoms. The summed E-state index contributed by atoms with van der Waals surface area (Å²) in [6, 6.07) is 0. The van der Waals surface area contributed by atoms with E-state index in [1.165, 1.54) is 0 Å². The highest BCUT2D eigenvalue weighted by atomic mass is 28.1. The molecular formula is H8Mg2O4Si. The van der Waals surface area contributed by atoms with E-state index < -0.39 is 0 Å². The summed E-state index contributed by atoms with van der Waals surface area (Å²) < 4.78 is 0. The van der Waals surface area contributed by atoms with Gasteiger partial charge in [0.15, 0.2) is 0 Å². The molecule has 0 heterocycles. The van der Waals surface area contributed by atoms with Crippen molar-refractivity contribution in [1.82, 2.24) is 0 Å². The van der Waals surface area contributed by atoms with Gasteiger partial charge in [-0.25, -0.2) is 0 Å². The van der Waals surface area contributed by atoms with E-state index in [-0.39, 0.29) is 79.0 Å². The second-order valence-electron chi connectivity index (χ2n) is 0. The Balaban J connectivity index is 0. The SMILES string of the molecule is O.O.O.O.[Mg].[Mg].[Si]. The molecule has 0 bridgehead atoms. The predicted molar refractivity (Wildman–Crippen MR) is 31.7 cm³/mol. The zero-order valence-corrected chi connectivity index (χ0v) is 7.74. The first kappa shape index (κ1) is 196. The van der Waals surface area contributed by atoms with Gasteiger partial charge in [0.25, 0.3) is 0 Å². The molecule has 0 amide bonds. The lowest BCUT2D eigenvalue weighted by molar-refractivity contribution is 0.823. The summed E-state index contributed by atoms with van der Waals surface area (Å²) in [7, 11) is 0. The molecule has 0 aliphatic rings. The lowest BCUT2D eigenvalue weighted by atomic mass is 16.0. The van der Waals surface area contributed by atoms with Crippen LogP contribution in [-0.2, 0) is 0 Å². The van der Waals surface area contributed by atoms with Crippen molar-refractivity contribution in [1.29, 1.82) is 0 Å². The summed E-state index contributed by atoms with van der Waals surface area (Å²) in [5.41, 5.74) is 0. The molecule has 0 aliphatic carbocycles. The lowest BCUT2D eigenvalue weighted by Crippen LogP contribution is -0.382. The molecule has 0 rings (SSSR count). The van der Waals surface area contributed by atoms with E-state index >= 15 is 0 Å². The van der Waals surface area contributed by atoms with Crippen LogP contribution in [0, 0.1) is 0 Å². The minimum atomic E-state index is 0. The van der Waals surface area contributed by atoms with Gasteiger partial charge in [0, 0.05) is 57.1 Å². The van der Waals surface area contributed by atoms with E-state index in [2.05, 4.69) is 0 Å². The molecule has 0 aliphatic heterocycles. The first-order valence-corrected chi connectivity index (χ1v) is 0. The Labute approximate surface area is 78.6 Å². The fourth-order valence-electron chi connectivity index (χ4n) is 0. The summed E-state index contributed by atoms with van der Waals surface area (Å²) >= 11 is 0. The Morgan fingerprint density at radius 2 is 0.429 bits per heavy atom. The molecular weight excluding hydrogens is 141 g/mol. The predicted octanol–water partition coefficient (Wildman–Crippen LogP) is -4.44. The van der Waals surface area contributed by atoms with E-state index in [0.29, 0.717) is 0 Å². The van der Waals surface area contributed by atoms with Crippen molar-refractivity contribution < 1.29 is 21.9 Å². The Bertz CT molecular complexity index is 9.65. The monoisotopic (exact) mass is 148 g/mol. The van der Waals surface area contributed by atoms with Gasteiger partial charge in [0.1, 0.15) is 0 Å². The van der Waals surface area contributed by atoms with Gasteiger partial charge >= 0.3 is 0 Å². The van der Waals surface area contributed by atoms with Gasteiger partial charge in [0.2, 0.25) is 0 Å². The van der Waals surface area contributed by atoms with Gasteiger partial charge in [-0.1, -0.05) is 0 Å². The van der Waals surface area contributed by atoms with Crippen molar-refractivity contribution in [3.05, 3.63) is 0 Å². The van der Waals surface area contributed by atoms with E-state index in [0.717, 1.165) is 0 Å². The Hall–Kier alpha value is 1.59. The van der Waals surface area contributed by atoms with Crippen LogP contribution in [0.1, 0.15) is 0 Å². The lowest BCUT2D eigenvalue weighted by Gasteiger charge is -0.413. The molecule has 0 spiro atoms. The molecule has 0 unspecified atom stereocenters. The standard InChI is InChI=1S/2Mg.4H2O.Si/h;;4*1H2;. The smallest absolute Gasteiger partial charge is 0 e. The first-order valence-electron chi connectivity index (χ1n) is 0. The van der Waals surface area contributed by atoms with E-state index in [9.17, 15) is 0 Å². The van der Waals surface area contributed by atoms with Gasteiger partial charge in [-0.05, 0) is 0 Å². The molecule has 0 saturated carbocycles. The number of rotatable bonds is 0. The average molecular weight is 149 g/mol. The van der Waals surface area contributed by atoms with Crippen molar-refractivity contribution >= 4 is 57.1 Å². The fourth-order valence-corrected chi connectivity index (χ4v) is 0. The molecule has 8 N–H and O–H groups in total. The molecule has 0 fully saturated rings. The van der Waals surface area contributed by atoms with Gasteiger partial charge in [-0.15, -0.1) is 0 Å². The van der Waals surface area contributed by atoms with Crippen LogP contribution in [0.15, 0.2) is 0 Å². The van der Waals surface area contributed by atoms with Crippen LogP contribution in [0.25, 0.3) is 0 Å². The molecule has 7 heteroatoms. The van der Waals surface area contributed by atoms with Crippen LogP contribution in [-0.4, -0.2) is 79.0 Å². The number of hydrogen-bond acceptors (Lipinski definition) is 0. The minimum Gasteiger partial charge on any atom is -0.412 e. The van der Waals surface area contributed by atoms with E-state index in [1.54, 1.807) is 0 Å². The van der Waals surface area contributed by atoms with Crippen molar-refractivity contribution in [2.45, 2.75) is 0 Å². The van der Waals surface area contributed by atoms with E-state index in [1.807, 2.05) is 0 Å². The Morgan fingerprint density at radius 1 is 0.429 bits per heavy atom. The maximum atomic E-state index is 0. The minimum absolute atomic E-state index is 0. The highest BCUT2D eigenvalue weighted by molar-refractivity contribution is 5.76. The maximum Gasteiger partial charge on any atom is 0 e. The molecule has 0 atom stereocenters. The second-order valence-corrected chi connectivity index (χ2v) is 0. The van der Waals surface area contributed by atoms with Gasteiger partial charge in [-0.3, -0.25) is 0 Å². The summed E-state index contributed by atoms with van der Waals surface area (Å²) in [6.45, 7) is 0. The summed E-state index contributed by atoms with van der Waals surface area (Å²) in [5.74, 6) is 0. The molecule has 0 aromatic rings. The topological polar surface area (TPSA) is 126 Å². The highest BCUT2D eigenvalue weighted by Gasteiger charge is 0.00203. The molecule has 8 radical (unpaired) electrons. The van der Waals surface area contributed by atoms with Crippen LogP contribution < -0.4 is 0 Å². The van der Waals surface area contributed by atoms with Crippen molar-refractivity contribution in [2.24, 2.45) is 0 Å². The van der Waals surface area contributed by atoms with Gasteiger partial charge in [-0.2, -0.15) is 0 Å². The maximum absolute atomic E-state index is 0. The van der Waals surface area contributed by atoms with E-state index in [4.69, 9.17) is 0 Å². The zero-order chi connectivity index (χ0) is 0. The largest absolute Gasteiger partial charge is 0.412 e. The second kappa shape index (κ2) is 130. The molecule has 0 aromatic carbocycles. The summed E-state index contributed by atoms with van der Waals surface area (Å²) in [4.78, 5) is 0. The van der Waals surface area contributed by atoms with Crippen LogP contribution in [0.4, 0.5) is 0 Å².